The maximum Gasteiger partial charge on any atom is 0.336 e. The number of aromatic carboxylic acids is 1. The summed E-state index contributed by atoms with van der Waals surface area (Å²) in [5.41, 5.74) is -0.505. The van der Waals surface area contributed by atoms with Crippen molar-refractivity contribution in [3.8, 4) is 17.2 Å². The molecule has 3 aromatic rings. The van der Waals surface area contributed by atoms with Gasteiger partial charge in [0.15, 0.2) is 0 Å². The van der Waals surface area contributed by atoms with Gasteiger partial charge in [0.1, 0.15) is 17.2 Å². The molecule has 1 heterocycles. The molecule has 0 atom stereocenters. The Labute approximate surface area is 140 Å². The van der Waals surface area contributed by atoms with Crippen molar-refractivity contribution >= 4 is 33.2 Å². The lowest BCUT2D eigenvalue weighted by Crippen LogP contribution is -2.04. The highest BCUT2D eigenvalue weighted by Gasteiger charge is 2.28. The van der Waals surface area contributed by atoms with Crippen molar-refractivity contribution in [2.24, 2.45) is 0 Å². The number of methoxy groups -OCH3 is 1. The first-order chi connectivity index (χ1) is 12.0. The van der Waals surface area contributed by atoms with Gasteiger partial charge in [0, 0.05) is 22.2 Å². The van der Waals surface area contributed by atoms with Gasteiger partial charge < -0.3 is 19.3 Å². The Balaban J connectivity index is 2.36. The number of hydrogen-bond acceptors (Lipinski definition) is 6. The van der Waals surface area contributed by atoms with Gasteiger partial charge in [-0.2, -0.15) is 0 Å². The van der Waals surface area contributed by atoms with E-state index in [1.807, 2.05) is 0 Å². The van der Waals surface area contributed by atoms with Crippen LogP contribution in [0.3, 0.4) is 0 Å². The first-order valence-corrected chi connectivity index (χ1v) is 7.26. The normalized spacial score (nSPS) is 12.5. The van der Waals surface area contributed by atoms with Crippen LogP contribution >= 0.6 is 0 Å². The van der Waals surface area contributed by atoms with Gasteiger partial charge in [0.25, 0.3) is 5.69 Å². The summed E-state index contributed by atoms with van der Waals surface area (Å²) in [5, 5.41) is 22.4. The summed E-state index contributed by atoms with van der Waals surface area (Å²) in [4.78, 5) is 22.7. The summed E-state index contributed by atoms with van der Waals surface area (Å²) in [7, 11) is 1.45. The lowest BCUT2D eigenvalue weighted by Gasteiger charge is -2.12. The average molecular weight is 341 g/mol. The van der Waals surface area contributed by atoms with Gasteiger partial charge in [-0.15, -0.1) is 0 Å². The highest BCUT2D eigenvalue weighted by molar-refractivity contribution is 6.22. The summed E-state index contributed by atoms with van der Waals surface area (Å²) in [6.07, 6.45) is 0. The molecule has 0 aromatic heterocycles. The molecule has 0 saturated heterocycles. The van der Waals surface area contributed by atoms with Crippen LogP contribution < -0.4 is 14.2 Å². The topological polar surface area (TPSA) is 108 Å². The summed E-state index contributed by atoms with van der Waals surface area (Å²) < 4.78 is 16.4. The molecule has 4 rings (SSSR count). The monoisotopic (exact) mass is 341 g/mol. The van der Waals surface area contributed by atoms with Crippen molar-refractivity contribution in [3.63, 3.8) is 0 Å². The van der Waals surface area contributed by atoms with Crippen molar-refractivity contribution in [3.05, 3.63) is 46.0 Å². The fourth-order valence-corrected chi connectivity index (χ4v) is 3.19. The van der Waals surface area contributed by atoms with E-state index in [2.05, 4.69) is 0 Å². The second-order valence-electron chi connectivity index (χ2n) is 5.41. The number of nitrogens with zero attached hydrogens (tertiary/aromatic N) is 1. The van der Waals surface area contributed by atoms with E-state index in [9.17, 15) is 20.0 Å². The van der Waals surface area contributed by atoms with Gasteiger partial charge >= 0.3 is 5.97 Å². The molecule has 8 nitrogen and oxygen atoms in total. The van der Waals surface area contributed by atoms with Crippen LogP contribution in [0.4, 0.5) is 5.69 Å². The van der Waals surface area contributed by atoms with Gasteiger partial charge in [-0.3, -0.25) is 10.1 Å². The van der Waals surface area contributed by atoms with Crippen LogP contribution in [0.25, 0.3) is 21.5 Å². The standard InChI is InChI=1S/C17H11NO7/c1-23-11-4-5-12-15-9(11)6-10(18(21)22)14-8(17(19)20)2-3-13(16(14)15)25-7-24-12/h2-6H,7H2,1H3,(H,19,20). The first-order valence-electron chi connectivity index (χ1n) is 7.26. The molecule has 25 heavy (non-hydrogen) atoms. The van der Waals surface area contributed by atoms with Crippen molar-refractivity contribution in [1.82, 2.24) is 0 Å². The number of ether oxygens (including phenoxy) is 3. The minimum atomic E-state index is -1.26. The summed E-state index contributed by atoms with van der Waals surface area (Å²) in [6.45, 7) is -0.0918. The van der Waals surface area contributed by atoms with Crippen molar-refractivity contribution in [2.75, 3.05) is 13.9 Å². The van der Waals surface area contributed by atoms with E-state index in [1.165, 1.54) is 25.3 Å². The Morgan fingerprint density at radius 3 is 2.48 bits per heavy atom. The molecule has 0 unspecified atom stereocenters. The van der Waals surface area contributed by atoms with Gasteiger partial charge in [-0.25, -0.2) is 4.79 Å². The number of carboxylic acid groups (broad SMARTS) is 1. The van der Waals surface area contributed by atoms with Crippen LogP contribution in [0.1, 0.15) is 10.4 Å². The van der Waals surface area contributed by atoms with E-state index in [4.69, 9.17) is 14.2 Å². The molecular formula is C17H11NO7. The smallest absolute Gasteiger partial charge is 0.336 e. The fraction of sp³-hybridized carbons (Fsp3) is 0.118. The Morgan fingerprint density at radius 1 is 1.16 bits per heavy atom. The maximum absolute atomic E-state index is 11.6. The molecular weight excluding hydrogens is 330 g/mol. The third-order valence-electron chi connectivity index (χ3n) is 4.20. The first kappa shape index (κ1) is 15.0. The van der Waals surface area contributed by atoms with Crippen LogP contribution in [0.15, 0.2) is 30.3 Å². The van der Waals surface area contributed by atoms with E-state index in [0.29, 0.717) is 33.4 Å². The van der Waals surface area contributed by atoms with Gasteiger partial charge in [-0.1, -0.05) is 0 Å². The quantitative estimate of drug-likeness (QED) is 0.442. The number of nitro groups is 1. The van der Waals surface area contributed by atoms with Crippen LogP contribution in [-0.4, -0.2) is 29.9 Å². The minimum Gasteiger partial charge on any atom is -0.496 e. The average Bonchev–Trinajstić information content (AvgIpc) is 2.78. The zero-order valence-corrected chi connectivity index (χ0v) is 12.9. The molecule has 0 bridgehead atoms. The zero-order valence-electron chi connectivity index (χ0n) is 12.9. The van der Waals surface area contributed by atoms with E-state index in [0.717, 1.165) is 0 Å². The third-order valence-corrected chi connectivity index (χ3v) is 4.20. The lowest BCUT2D eigenvalue weighted by molar-refractivity contribution is -0.383. The van der Waals surface area contributed by atoms with E-state index >= 15 is 0 Å². The SMILES string of the molecule is COc1ccc2c3c1cc([N+](=O)[O-])c1c(C(=O)O)ccc(c13)OCO2. The molecule has 8 heteroatoms. The number of carboxylic acids is 1. The van der Waals surface area contributed by atoms with Crippen molar-refractivity contribution < 1.29 is 29.0 Å². The molecule has 0 aliphatic carbocycles. The highest BCUT2D eigenvalue weighted by Crippen LogP contribution is 2.47. The highest BCUT2D eigenvalue weighted by atomic mass is 16.7. The van der Waals surface area contributed by atoms with Crippen LogP contribution in [0, 0.1) is 10.1 Å². The number of benzene rings is 3. The van der Waals surface area contributed by atoms with Gasteiger partial charge in [0.05, 0.1) is 23.0 Å². The fourth-order valence-electron chi connectivity index (χ4n) is 3.19. The summed E-state index contributed by atoms with van der Waals surface area (Å²) >= 11 is 0. The number of hydrogen-bond donors (Lipinski definition) is 1. The molecule has 1 N–H and O–H groups in total. The molecule has 126 valence electrons. The minimum absolute atomic E-state index is 0.00232. The molecule has 0 fully saturated rings. The predicted molar refractivity (Wildman–Crippen MR) is 87.7 cm³/mol. The Morgan fingerprint density at radius 2 is 1.84 bits per heavy atom. The van der Waals surface area contributed by atoms with E-state index in [-0.39, 0.29) is 23.4 Å². The van der Waals surface area contributed by atoms with Crippen LogP contribution in [0.5, 0.6) is 17.2 Å². The predicted octanol–water partition coefficient (Wildman–Crippen LogP) is 3.34. The van der Waals surface area contributed by atoms with Gasteiger partial charge in [-0.05, 0) is 24.3 Å². The third kappa shape index (κ3) is 2.04. The largest absolute Gasteiger partial charge is 0.496 e. The second-order valence-corrected chi connectivity index (χ2v) is 5.41. The number of non-ortho nitro benzene ring substituents is 1. The van der Waals surface area contributed by atoms with Crippen LogP contribution in [0.2, 0.25) is 0 Å². The molecule has 1 aliphatic heterocycles. The molecule has 0 amide bonds. The van der Waals surface area contributed by atoms with Crippen molar-refractivity contribution in [2.45, 2.75) is 0 Å². The number of nitro benzene ring substituents is 1. The second kappa shape index (κ2) is 5.23. The molecule has 1 aliphatic rings. The Bertz CT molecular complexity index is 1070. The zero-order chi connectivity index (χ0) is 17.7. The lowest BCUT2D eigenvalue weighted by atomic mass is 9.95. The van der Waals surface area contributed by atoms with Gasteiger partial charge in [0.2, 0.25) is 6.79 Å². The molecule has 0 saturated carbocycles. The Hall–Kier alpha value is -3.55. The molecule has 0 radical (unpaired) electrons. The maximum atomic E-state index is 11.6. The molecule has 0 spiro atoms. The Kier molecular flexibility index (Phi) is 3.14. The summed E-state index contributed by atoms with van der Waals surface area (Å²) in [6, 6.07) is 7.39. The van der Waals surface area contributed by atoms with Crippen molar-refractivity contribution in [1.29, 1.82) is 0 Å². The van der Waals surface area contributed by atoms with Crippen LogP contribution in [-0.2, 0) is 0 Å². The summed E-state index contributed by atoms with van der Waals surface area (Å²) in [5.74, 6) is -0.0813. The number of carbonyl (C=O) groups is 1. The molecule has 3 aromatic carbocycles. The van der Waals surface area contributed by atoms with E-state index in [1.54, 1.807) is 12.1 Å². The number of rotatable bonds is 3. The van der Waals surface area contributed by atoms with E-state index < -0.39 is 10.9 Å².